The Morgan fingerprint density at radius 3 is 1.40 bits per heavy atom. The zero-order valence-electron chi connectivity index (χ0n) is 31.5. The maximum absolute atomic E-state index is 13.6. The van der Waals surface area contributed by atoms with Gasteiger partial charge in [-0.1, -0.05) is 134 Å². The lowest BCUT2D eigenvalue weighted by atomic mass is 9.69. The van der Waals surface area contributed by atoms with Crippen LogP contribution in [0.4, 0.5) is 11.9 Å². The van der Waals surface area contributed by atoms with Crippen LogP contribution in [-0.2, 0) is 9.59 Å². The van der Waals surface area contributed by atoms with Crippen molar-refractivity contribution in [2.75, 3.05) is 16.4 Å². The van der Waals surface area contributed by atoms with Gasteiger partial charge in [0.2, 0.25) is 11.9 Å². The Hall–Kier alpha value is -2.74. The van der Waals surface area contributed by atoms with E-state index in [2.05, 4.69) is 101 Å². The van der Waals surface area contributed by atoms with Gasteiger partial charge in [-0.2, -0.15) is 15.0 Å². The average Bonchev–Trinajstić information content (AvgIpc) is 2.91. The van der Waals surface area contributed by atoms with Gasteiger partial charge in [0.15, 0.2) is 16.7 Å². The molecule has 0 spiro atoms. The highest BCUT2D eigenvalue weighted by Crippen LogP contribution is 2.41. The van der Waals surface area contributed by atoms with E-state index < -0.39 is 0 Å². The van der Waals surface area contributed by atoms with E-state index in [1.54, 1.807) is 11.8 Å². The number of thioether (sulfide) groups is 1. The normalized spacial score (nSPS) is 19.6. The molecule has 2 aliphatic rings. The summed E-state index contributed by atoms with van der Waals surface area (Å²) in [4.78, 5) is 41.6. The van der Waals surface area contributed by atoms with Crippen LogP contribution in [0.15, 0.2) is 52.0 Å². The minimum absolute atomic E-state index is 0.164. The first-order valence-electron chi connectivity index (χ1n) is 17.5. The first-order chi connectivity index (χ1) is 21.6. The van der Waals surface area contributed by atoms with Crippen molar-refractivity contribution in [3.63, 3.8) is 0 Å². The topological polar surface area (TPSA) is 96.9 Å². The summed E-state index contributed by atoms with van der Waals surface area (Å²) in [6.45, 7) is 27.3. The third-order valence-corrected chi connectivity index (χ3v) is 9.66. The lowest BCUT2D eigenvalue weighted by Gasteiger charge is -2.35. The van der Waals surface area contributed by atoms with Crippen molar-refractivity contribution in [2.45, 2.75) is 134 Å². The average molecular weight is 664 g/mol. The Balaban J connectivity index is 2.01. The number of allylic oxidation sites excluding steroid dienone is 6. The Bertz CT molecular complexity index is 1330. The standard InChI is InChI=1S/C39H61N5O2S/c1-14-15-16-17-18-19-20-47-35-43-33(40-25-21-27(36(2,3)4)31(45)28(22-25)37(5,6)7)42-34(44-35)41-26-23-29(38(8,9)10)32(46)30(24-26)39(11,12)13/h21-24,27,29H,14-20H2,1-13H3,(H2,40,41,42,43,44). The minimum Gasteiger partial charge on any atom is -0.324 e. The molecule has 2 aliphatic carbocycles. The first-order valence-corrected chi connectivity index (χ1v) is 18.5. The molecule has 0 radical (unpaired) electrons. The zero-order chi connectivity index (χ0) is 35.4. The fraction of sp³-hybridized carbons (Fsp3) is 0.667. The fourth-order valence-electron chi connectivity index (χ4n) is 5.85. The molecule has 0 aliphatic heterocycles. The first kappa shape index (κ1) is 38.7. The van der Waals surface area contributed by atoms with Gasteiger partial charge in [0.25, 0.3) is 0 Å². The molecule has 2 unspecified atom stereocenters. The molecule has 0 saturated heterocycles. The van der Waals surface area contributed by atoms with Gasteiger partial charge in [-0.25, -0.2) is 0 Å². The molecule has 0 saturated carbocycles. The summed E-state index contributed by atoms with van der Waals surface area (Å²) < 4.78 is 0. The minimum atomic E-state index is -0.308. The van der Waals surface area contributed by atoms with Crippen LogP contribution in [0.25, 0.3) is 0 Å². The number of hydrogen-bond acceptors (Lipinski definition) is 8. The Morgan fingerprint density at radius 1 is 0.617 bits per heavy atom. The van der Waals surface area contributed by atoms with Crippen LogP contribution in [0.2, 0.25) is 0 Å². The summed E-state index contributed by atoms with van der Waals surface area (Å²) in [7, 11) is 0. The Morgan fingerprint density at radius 2 is 1.02 bits per heavy atom. The maximum atomic E-state index is 13.6. The van der Waals surface area contributed by atoms with Gasteiger partial charge in [-0.05, 0) is 52.4 Å². The molecule has 0 bridgehead atoms. The number of carbonyl (C=O) groups is 2. The van der Waals surface area contributed by atoms with E-state index in [4.69, 9.17) is 15.0 Å². The second-order valence-electron chi connectivity index (χ2n) is 17.4. The van der Waals surface area contributed by atoms with E-state index in [1.807, 2.05) is 24.3 Å². The van der Waals surface area contributed by atoms with Crippen molar-refractivity contribution in [1.82, 2.24) is 15.0 Å². The number of carbonyl (C=O) groups excluding carboxylic acids is 2. The molecule has 7 nitrogen and oxygen atoms in total. The van der Waals surface area contributed by atoms with Gasteiger partial charge in [-0.3, -0.25) is 9.59 Å². The molecule has 8 heteroatoms. The number of nitrogens with one attached hydrogen (secondary N) is 2. The predicted octanol–water partition coefficient (Wildman–Crippen LogP) is 10.4. The van der Waals surface area contributed by atoms with E-state index >= 15 is 0 Å². The number of unbranched alkanes of at least 4 members (excludes halogenated alkanes) is 5. The van der Waals surface area contributed by atoms with Crippen LogP contribution in [0, 0.1) is 33.5 Å². The quantitative estimate of drug-likeness (QED) is 0.168. The van der Waals surface area contributed by atoms with E-state index in [1.165, 1.54) is 32.1 Å². The van der Waals surface area contributed by atoms with Crippen LogP contribution in [0.3, 0.4) is 0 Å². The van der Waals surface area contributed by atoms with Crippen molar-refractivity contribution in [1.29, 1.82) is 0 Å². The second kappa shape index (κ2) is 15.2. The van der Waals surface area contributed by atoms with Crippen LogP contribution < -0.4 is 10.6 Å². The Labute approximate surface area is 289 Å². The number of rotatable bonds is 12. The van der Waals surface area contributed by atoms with Crippen LogP contribution in [-0.4, -0.2) is 32.3 Å². The van der Waals surface area contributed by atoms with E-state index in [0.717, 1.165) is 34.7 Å². The number of aromatic nitrogens is 3. The van der Waals surface area contributed by atoms with Crippen molar-refractivity contribution >= 4 is 35.2 Å². The molecular formula is C39H61N5O2S. The molecule has 260 valence electrons. The van der Waals surface area contributed by atoms with Gasteiger partial charge in [0.05, 0.1) is 0 Å². The summed E-state index contributed by atoms with van der Waals surface area (Å²) >= 11 is 1.64. The Kier molecular flexibility index (Phi) is 12.5. The highest BCUT2D eigenvalue weighted by atomic mass is 32.2. The van der Waals surface area contributed by atoms with Crippen molar-refractivity contribution in [3.05, 3.63) is 46.8 Å². The molecule has 0 aromatic carbocycles. The summed E-state index contributed by atoms with van der Waals surface area (Å²) in [5.74, 6) is 1.55. The van der Waals surface area contributed by atoms with Crippen molar-refractivity contribution in [2.24, 2.45) is 33.5 Å². The molecule has 0 amide bonds. The highest BCUT2D eigenvalue weighted by Gasteiger charge is 2.39. The number of anilines is 2. The molecule has 1 aromatic heterocycles. The third-order valence-electron chi connectivity index (χ3n) is 8.73. The third kappa shape index (κ3) is 10.9. The monoisotopic (exact) mass is 663 g/mol. The van der Waals surface area contributed by atoms with E-state index in [0.29, 0.717) is 17.1 Å². The van der Waals surface area contributed by atoms with Gasteiger partial charge < -0.3 is 10.6 Å². The lowest BCUT2D eigenvalue weighted by Crippen LogP contribution is -2.35. The predicted molar refractivity (Wildman–Crippen MR) is 198 cm³/mol. The molecule has 2 atom stereocenters. The van der Waals surface area contributed by atoms with Crippen molar-refractivity contribution in [3.8, 4) is 0 Å². The van der Waals surface area contributed by atoms with E-state index in [9.17, 15) is 9.59 Å². The highest BCUT2D eigenvalue weighted by molar-refractivity contribution is 7.99. The molecule has 2 N–H and O–H groups in total. The summed E-state index contributed by atoms with van der Waals surface area (Å²) in [5, 5.41) is 7.54. The van der Waals surface area contributed by atoms with Crippen LogP contribution >= 0.6 is 11.8 Å². The summed E-state index contributed by atoms with van der Waals surface area (Å²) in [6, 6.07) is 0. The molecular weight excluding hydrogens is 603 g/mol. The summed E-state index contributed by atoms with van der Waals surface area (Å²) in [6.07, 6.45) is 15.3. The van der Waals surface area contributed by atoms with E-state index in [-0.39, 0.29) is 45.1 Å². The van der Waals surface area contributed by atoms with Gasteiger partial charge in [-0.15, -0.1) is 0 Å². The smallest absolute Gasteiger partial charge is 0.233 e. The zero-order valence-corrected chi connectivity index (χ0v) is 32.3. The number of ketones is 2. The number of nitrogens with zero attached hydrogens (tertiary/aromatic N) is 3. The van der Waals surface area contributed by atoms with Gasteiger partial charge >= 0.3 is 0 Å². The fourth-order valence-corrected chi connectivity index (χ4v) is 6.68. The number of Topliss-reactive ketones (excluding diaryl/α,β-unsaturated/α-hetero) is 2. The molecule has 3 rings (SSSR count). The lowest BCUT2D eigenvalue weighted by molar-refractivity contribution is -0.122. The van der Waals surface area contributed by atoms with Gasteiger partial charge in [0.1, 0.15) is 0 Å². The van der Waals surface area contributed by atoms with Crippen LogP contribution in [0.5, 0.6) is 0 Å². The largest absolute Gasteiger partial charge is 0.324 e. The SMILES string of the molecule is CCCCCCCCSc1nc(NC2=CC(C(C)(C)C)C(=O)C(C(C)(C)C)=C2)nc(NC2=CC(C(C)(C)C)C(=O)C(C(C)(C)C)=C2)n1. The maximum Gasteiger partial charge on any atom is 0.233 e. The molecule has 1 heterocycles. The van der Waals surface area contributed by atoms with Crippen molar-refractivity contribution < 1.29 is 9.59 Å². The summed E-state index contributed by atoms with van der Waals surface area (Å²) in [5.41, 5.74) is 2.09. The van der Waals surface area contributed by atoms with Gasteiger partial charge in [0, 0.05) is 40.1 Å². The van der Waals surface area contributed by atoms with Crippen LogP contribution in [0.1, 0.15) is 129 Å². The molecule has 47 heavy (non-hydrogen) atoms. The molecule has 1 aromatic rings. The second-order valence-corrected chi connectivity index (χ2v) is 18.5. The number of hydrogen-bond donors (Lipinski definition) is 2. The molecule has 0 fully saturated rings.